The van der Waals surface area contributed by atoms with Crippen molar-refractivity contribution < 1.29 is 9.59 Å². The highest BCUT2D eigenvalue weighted by atomic mass is 32.1. The number of benzene rings is 1. The van der Waals surface area contributed by atoms with Crippen LogP contribution in [0, 0.1) is 11.8 Å². The first-order valence-corrected chi connectivity index (χ1v) is 10.0. The van der Waals surface area contributed by atoms with Gasteiger partial charge >= 0.3 is 0 Å². The second kappa shape index (κ2) is 8.48. The molecule has 25 heavy (non-hydrogen) atoms. The minimum Gasteiger partial charge on any atom is -0.356 e. The molecule has 3 rings (SSSR count). The first kappa shape index (κ1) is 17.9. The van der Waals surface area contributed by atoms with E-state index in [0.717, 1.165) is 17.0 Å². The molecule has 0 aliphatic heterocycles. The Morgan fingerprint density at radius 1 is 1.20 bits per heavy atom. The van der Waals surface area contributed by atoms with Crippen LogP contribution in [0.2, 0.25) is 0 Å². The van der Waals surface area contributed by atoms with Crippen molar-refractivity contribution in [1.29, 1.82) is 0 Å². The Kier molecular flexibility index (Phi) is 6.08. The molecule has 1 aliphatic carbocycles. The average Bonchev–Trinajstić information content (AvgIpc) is 3.31. The fourth-order valence-electron chi connectivity index (χ4n) is 2.87. The summed E-state index contributed by atoms with van der Waals surface area (Å²) in [5.74, 6) is 1.16. The summed E-state index contributed by atoms with van der Waals surface area (Å²) >= 11 is 1.64. The summed E-state index contributed by atoms with van der Waals surface area (Å²) in [5.41, 5.74) is 0.686. The first-order valence-electron chi connectivity index (χ1n) is 9.14. The zero-order chi connectivity index (χ0) is 17.6. The number of thiophene rings is 1. The van der Waals surface area contributed by atoms with Crippen LogP contribution in [0.1, 0.15) is 49.4 Å². The maximum Gasteiger partial charge on any atom is 0.251 e. The molecule has 1 heterocycles. The Morgan fingerprint density at radius 2 is 2.00 bits per heavy atom. The zero-order valence-electron chi connectivity index (χ0n) is 14.7. The molecule has 4 nitrogen and oxygen atoms in total. The second-order valence-corrected chi connectivity index (χ2v) is 8.08. The second-order valence-electron chi connectivity index (χ2n) is 7.13. The fourth-order valence-corrected chi connectivity index (χ4v) is 3.70. The molecule has 2 aromatic rings. The molecule has 1 saturated carbocycles. The molecular weight excluding hydrogens is 332 g/mol. The fraction of sp³-hybridized carbons (Fsp3) is 0.500. The van der Waals surface area contributed by atoms with Crippen molar-refractivity contribution >= 4 is 33.2 Å². The van der Waals surface area contributed by atoms with E-state index in [1.807, 2.05) is 30.5 Å². The van der Waals surface area contributed by atoms with Gasteiger partial charge in [-0.15, -0.1) is 11.3 Å². The molecule has 1 unspecified atom stereocenters. The lowest BCUT2D eigenvalue weighted by molar-refractivity contribution is -0.121. The number of carbonyl (C=O) groups is 2. The summed E-state index contributed by atoms with van der Waals surface area (Å²) in [5, 5.41) is 9.13. The van der Waals surface area contributed by atoms with Crippen molar-refractivity contribution in [2.24, 2.45) is 11.8 Å². The van der Waals surface area contributed by atoms with Gasteiger partial charge in [0.2, 0.25) is 5.91 Å². The van der Waals surface area contributed by atoms with E-state index in [1.165, 1.54) is 24.6 Å². The first-order chi connectivity index (χ1) is 12.1. The lowest BCUT2D eigenvalue weighted by Crippen LogP contribution is -2.35. The number of rotatable bonds is 9. The molecule has 2 N–H and O–H groups in total. The van der Waals surface area contributed by atoms with Crippen LogP contribution < -0.4 is 10.6 Å². The van der Waals surface area contributed by atoms with Crippen LogP contribution in [-0.4, -0.2) is 24.9 Å². The van der Waals surface area contributed by atoms with Gasteiger partial charge in [0.25, 0.3) is 5.91 Å². The number of nitrogens with one attached hydrogen (secondary N) is 2. The van der Waals surface area contributed by atoms with Gasteiger partial charge in [0.05, 0.1) is 0 Å². The van der Waals surface area contributed by atoms with Crippen LogP contribution in [0.15, 0.2) is 29.6 Å². The highest BCUT2D eigenvalue weighted by Gasteiger charge is 2.20. The van der Waals surface area contributed by atoms with Crippen LogP contribution in [0.3, 0.4) is 0 Å². The van der Waals surface area contributed by atoms with Crippen LogP contribution in [0.25, 0.3) is 10.1 Å². The van der Waals surface area contributed by atoms with Crippen LogP contribution >= 0.6 is 11.3 Å². The molecule has 1 aromatic carbocycles. The molecule has 0 spiro atoms. The quantitative estimate of drug-likeness (QED) is 0.713. The zero-order valence-corrected chi connectivity index (χ0v) is 15.5. The topological polar surface area (TPSA) is 58.2 Å². The highest BCUT2D eigenvalue weighted by Crippen LogP contribution is 2.33. The normalized spacial score (nSPS) is 15.1. The van der Waals surface area contributed by atoms with Crippen molar-refractivity contribution in [3.8, 4) is 0 Å². The third-order valence-corrected chi connectivity index (χ3v) is 5.57. The summed E-state index contributed by atoms with van der Waals surface area (Å²) in [6.45, 7) is 3.20. The van der Waals surface area contributed by atoms with Gasteiger partial charge in [0, 0.05) is 29.8 Å². The molecule has 1 fully saturated rings. The van der Waals surface area contributed by atoms with Crippen LogP contribution in [0.4, 0.5) is 0 Å². The number of amides is 2. The van der Waals surface area contributed by atoms with Crippen molar-refractivity contribution in [2.75, 3.05) is 13.1 Å². The Hall–Kier alpha value is -1.88. The Labute approximate surface area is 153 Å². The molecule has 134 valence electrons. The minimum atomic E-state index is -0.0575. The van der Waals surface area contributed by atoms with E-state index in [0.29, 0.717) is 25.1 Å². The van der Waals surface area contributed by atoms with E-state index in [9.17, 15) is 9.59 Å². The summed E-state index contributed by atoms with van der Waals surface area (Å²) < 4.78 is 1.12. The number of hydrogen-bond acceptors (Lipinski definition) is 3. The summed E-state index contributed by atoms with van der Waals surface area (Å²) in [4.78, 5) is 24.1. The molecule has 1 atom stereocenters. The van der Waals surface area contributed by atoms with Gasteiger partial charge in [-0.2, -0.15) is 0 Å². The van der Waals surface area contributed by atoms with Gasteiger partial charge in [-0.25, -0.2) is 0 Å². The minimum absolute atomic E-state index is 0.0575. The number of hydrogen-bond donors (Lipinski definition) is 2. The standard InChI is InChI=1S/C20H26N2O2S/c1-14(12-21-19(23)4-2-3-15-5-6-15)13-22-20(24)17-8-7-16-9-10-25-18(16)11-17/h7-11,14-15H,2-6,12-13H2,1H3,(H,21,23)(H,22,24). The lowest BCUT2D eigenvalue weighted by Gasteiger charge is -2.14. The maximum absolute atomic E-state index is 12.3. The van der Waals surface area contributed by atoms with Gasteiger partial charge in [0.15, 0.2) is 0 Å². The van der Waals surface area contributed by atoms with E-state index in [4.69, 9.17) is 0 Å². The summed E-state index contributed by atoms with van der Waals surface area (Å²) in [7, 11) is 0. The summed E-state index contributed by atoms with van der Waals surface area (Å²) in [6.07, 6.45) is 5.49. The van der Waals surface area contributed by atoms with E-state index in [-0.39, 0.29) is 17.7 Å². The van der Waals surface area contributed by atoms with Crippen molar-refractivity contribution in [3.05, 3.63) is 35.2 Å². The predicted molar refractivity (Wildman–Crippen MR) is 103 cm³/mol. The molecule has 1 aromatic heterocycles. The van der Waals surface area contributed by atoms with Crippen LogP contribution in [0.5, 0.6) is 0 Å². The summed E-state index contributed by atoms with van der Waals surface area (Å²) in [6, 6.07) is 7.82. The Bertz CT molecular complexity index is 736. The van der Waals surface area contributed by atoms with Gasteiger partial charge in [-0.1, -0.05) is 25.8 Å². The largest absolute Gasteiger partial charge is 0.356 e. The molecule has 2 amide bonds. The molecule has 0 saturated heterocycles. The Balaban J connectivity index is 1.35. The smallest absolute Gasteiger partial charge is 0.251 e. The molecule has 0 bridgehead atoms. The van der Waals surface area contributed by atoms with Crippen LogP contribution in [-0.2, 0) is 4.79 Å². The predicted octanol–water partition coefficient (Wildman–Crippen LogP) is 3.96. The highest BCUT2D eigenvalue weighted by molar-refractivity contribution is 7.17. The molecule has 1 aliphatic rings. The van der Waals surface area contributed by atoms with Crippen molar-refractivity contribution in [2.45, 2.75) is 39.0 Å². The average molecular weight is 359 g/mol. The number of fused-ring (bicyclic) bond motifs is 1. The molecule has 5 heteroatoms. The van der Waals surface area contributed by atoms with Gasteiger partial charge in [-0.3, -0.25) is 9.59 Å². The number of carbonyl (C=O) groups excluding carboxylic acids is 2. The van der Waals surface area contributed by atoms with E-state index in [1.54, 1.807) is 11.3 Å². The Morgan fingerprint density at radius 3 is 2.80 bits per heavy atom. The molecular formula is C20H26N2O2S. The van der Waals surface area contributed by atoms with E-state index < -0.39 is 0 Å². The monoisotopic (exact) mass is 358 g/mol. The van der Waals surface area contributed by atoms with Crippen molar-refractivity contribution in [1.82, 2.24) is 10.6 Å². The molecule has 0 radical (unpaired) electrons. The third kappa shape index (κ3) is 5.56. The SMILES string of the molecule is CC(CNC(=O)CCCC1CC1)CNC(=O)c1ccc2ccsc2c1. The maximum atomic E-state index is 12.3. The van der Waals surface area contributed by atoms with Gasteiger partial charge in [0.1, 0.15) is 0 Å². The van der Waals surface area contributed by atoms with Crippen molar-refractivity contribution in [3.63, 3.8) is 0 Å². The lowest BCUT2D eigenvalue weighted by atomic mass is 10.1. The van der Waals surface area contributed by atoms with E-state index >= 15 is 0 Å². The van der Waals surface area contributed by atoms with E-state index in [2.05, 4.69) is 16.7 Å². The van der Waals surface area contributed by atoms with Gasteiger partial charge in [-0.05, 0) is 53.6 Å². The third-order valence-electron chi connectivity index (χ3n) is 4.69. The van der Waals surface area contributed by atoms with Gasteiger partial charge < -0.3 is 10.6 Å².